The van der Waals surface area contributed by atoms with Crippen LogP contribution in [0.4, 0.5) is 5.13 Å². The van der Waals surface area contributed by atoms with E-state index in [0.29, 0.717) is 16.6 Å². The molecule has 0 atom stereocenters. The van der Waals surface area contributed by atoms with Crippen LogP contribution in [-0.4, -0.2) is 37.2 Å². The Morgan fingerprint density at radius 3 is 2.50 bits per heavy atom. The third-order valence-electron chi connectivity index (χ3n) is 3.76. The van der Waals surface area contributed by atoms with E-state index in [9.17, 15) is 9.59 Å². The normalized spacial score (nSPS) is 10.5. The van der Waals surface area contributed by atoms with Gasteiger partial charge in [0.2, 0.25) is 0 Å². The van der Waals surface area contributed by atoms with Crippen molar-refractivity contribution in [3.63, 3.8) is 0 Å². The van der Waals surface area contributed by atoms with Crippen molar-refractivity contribution in [1.82, 2.24) is 4.98 Å². The van der Waals surface area contributed by atoms with Crippen LogP contribution < -0.4 is 14.8 Å². The zero-order valence-electron chi connectivity index (χ0n) is 15.8. The molecule has 0 saturated carbocycles. The Labute approximate surface area is 166 Å². The van der Waals surface area contributed by atoms with Crippen LogP contribution in [0.15, 0.2) is 36.4 Å². The van der Waals surface area contributed by atoms with E-state index in [0.717, 1.165) is 21.3 Å². The molecular weight excluding hydrogens is 380 g/mol. The standard InChI is InChI=1S/C20H20N2O5S/c1-12-6-13(2)8-15(7-12)26-11-19(24)27-10-18(23)22-20-21-16-5-4-14(25-3)9-17(16)28-20/h4-9H,10-11H2,1-3H3,(H,21,22,23). The number of methoxy groups -OCH3 is 1. The molecule has 0 aliphatic heterocycles. The number of aryl methyl sites for hydroxylation is 2. The van der Waals surface area contributed by atoms with Gasteiger partial charge < -0.3 is 14.2 Å². The topological polar surface area (TPSA) is 86.8 Å². The first-order valence-corrected chi connectivity index (χ1v) is 9.36. The van der Waals surface area contributed by atoms with Crippen molar-refractivity contribution in [3.05, 3.63) is 47.5 Å². The second-order valence-electron chi connectivity index (χ2n) is 6.17. The minimum absolute atomic E-state index is 0.267. The number of rotatable bonds is 7. The summed E-state index contributed by atoms with van der Waals surface area (Å²) in [4.78, 5) is 28.1. The molecule has 146 valence electrons. The highest BCUT2D eigenvalue weighted by Gasteiger charge is 2.12. The molecule has 28 heavy (non-hydrogen) atoms. The second-order valence-corrected chi connectivity index (χ2v) is 7.20. The fourth-order valence-corrected chi connectivity index (χ4v) is 3.50. The smallest absolute Gasteiger partial charge is 0.344 e. The summed E-state index contributed by atoms with van der Waals surface area (Å²) in [7, 11) is 1.59. The maximum absolute atomic E-state index is 12.0. The molecule has 0 radical (unpaired) electrons. The summed E-state index contributed by atoms with van der Waals surface area (Å²) in [6, 6.07) is 11.1. The van der Waals surface area contributed by atoms with Gasteiger partial charge in [-0.15, -0.1) is 0 Å². The van der Waals surface area contributed by atoms with Gasteiger partial charge in [-0.3, -0.25) is 10.1 Å². The van der Waals surface area contributed by atoms with E-state index in [1.165, 1.54) is 11.3 Å². The summed E-state index contributed by atoms with van der Waals surface area (Å²) in [5, 5.41) is 3.05. The summed E-state index contributed by atoms with van der Waals surface area (Å²) in [6.07, 6.45) is 0. The summed E-state index contributed by atoms with van der Waals surface area (Å²) >= 11 is 1.31. The van der Waals surface area contributed by atoms with Crippen LogP contribution >= 0.6 is 11.3 Å². The number of aromatic nitrogens is 1. The number of fused-ring (bicyclic) bond motifs is 1. The molecule has 0 aliphatic rings. The summed E-state index contributed by atoms with van der Waals surface area (Å²) in [6.45, 7) is 3.21. The van der Waals surface area contributed by atoms with Crippen LogP contribution in [0.2, 0.25) is 0 Å². The first-order chi connectivity index (χ1) is 13.4. The fraction of sp³-hybridized carbons (Fsp3) is 0.250. The van der Waals surface area contributed by atoms with Crippen LogP contribution in [0.25, 0.3) is 10.2 Å². The van der Waals surface area contributed by atoms with Crippen molar-refractivity contribution in [3.8, 4) is 11.5 Å². The zero-order valence-corrected chi connectivity index (χ0v) is 16.6. The van der Waals surface area contributed by atoms with Crippen molar-refractivity contribution in [2.45, 2.75) is 13.8 Å². The number of carbonyl (C=O) groups is 2. The number of esters is 1. The van der Waals surface area contributed by atoms with Gasteiger partial charge in [0.15, 0.2) is 18.3 Å². The van der Waals surface area contributed by atoms with Crippen molar-refractivity contribution >= 4 is 38.6 Å². The third kappa shape index (κ3) is 5.20. The Morgan fingerprint density at radius 2 is 1.79 bits per heavy atom. The number of nitrogens with one attached hydrogen (secondary N) is 1. The lowest BCUT2D eigenvalue weighted by Crippen LogP contribution is -2.23. The number of anilines is 1. The summed E-state index contributed by atoms with van der Waals surface area (Å²) in [5.74, 6) is 0.213. The Kier molecular flexibility index (Phi) is 6.10. The highest BCUT2D eigenvalue weighted by molar-refractivity contribution is 7.22. The van der Waals surface area contributed by atoms with Gasteiger partial charge in [0.25, 0.3) is 5.91 Å². The Balaban J connectivity index is 1.47. The molecule has 3 aromatic rings. The van der Waals surface area contributed by atoms with Gasteiger partial charge in [-0.2, -0.15) is 0 Å². The quantitative estimate of drug-likeness (QED) is 0.611. The fourth-order valence-electron chi connectivity index (χ4n) is 2.59. The Hall–Kier alpha value is -3.13. The van der Waals surface area contributed by atoms with Gasteiger partial charge in [0.1, 0.15) is 11.5 Å². The Morgan fingerprint density at radius 1 is 1.04 bits per heavy atom. The third-order valence-corrected chi connectivity index (χ3v) is 4.69. The van der Waals surface area contributed by atoms with Gasteiger partial charge in [0, 0.05) is 0 Å². The van der Waals surface area contributed by atoms with E-state index in [1.807, 2.05) is 44.2 Å². The average molecular weight is 400 g/mol. The molecule has 0 saturated heterocycles. The molecule has 2 aromatic carbocycles. The predicted molar refractivity (Wildman–Crippen MR) is 107 cm³/mol. The van der Waals surface area contributed by atoms with Gasteiger partial charge in [-0.05, 0) is 55.3 Å². The number of nitrogens with zero attached hydrogens (tertiary/aromatic N) is 1. The van der Waals surface area contributed by atoms with E-state index in [2.05, 4.69) is 10.3 Å². The van der Waals surface area contributed by atoms with Crippen molar-refractivity contribution < 1.29 is 23.8 Å². The van der Waals surface area contributed by atoms with E-state index >= 15 is 0 Å². The SMILES string of the molecule is COc1ccc2nc(NC(=O)COC(=O)COc3cc(C)cc(C)c3)sc2c1. The van der Waals surface area contributed by atoms with Gasteiger partial charge in [-0.25, -0.2) is 9.78 Å². The molecular formula is C20H20N2O5S. The van der Waals surface area contributed by atoms with Gasteiger partial charge in [-0.1, -0.05) is 17.4 Å². The highest BCUT2D eigenvalue weighted by Crippen LogP contribution is 2.29. The molecule has 0 unspecified atom stereocenters. The zero-order chi connectivity index (χ0) is 20.1. The molecule has 0 bridgehead atoms. The van der Waals surface area contributed by atoms with E-state index < -0.39 is 18.5 Å². The maximum Gasteiger partial charge on any atom is 0.344 e. The van der Waals surface area contributed by atoms with Gasteiger partial charge in [0.05, 0.1) is 17.3 Å². The number of benzene rings is 2. The minimum Gasteiger partial charge on any atom is -0.497 e. The lowest BCUT2D eigenvalue weighted by molar-refractivity contribution is -0.149. The maximum atomic E-state index is 12.0. The number of amides is 1. The number of ether oxygens (including phenoxy) is 3. The molecule has 0 aliphatic carbocycles. The molecule has 0 spiro atoms. The van der Waals surface area contributed by atoms with Crippen molar-refractivity contribution in [2.24, 2.45) is 0 Å². The molecule has 8 heteroatoms. The number of hydrogen-bond acceptors (Lipinski definition) is 7. The van der Waals surface area contributed by atoms with Crippen LogP contribution in [0, 0.1) is 13.8 Å². The first-order valence-electron chi connectivity index (χ1n) is 8.54. The number of thiazole rings is 1. The largest absolute Gasteiger partial charge is 0.497 e. The van der Waals surface area contributed by atoms with Crippen LogP contribution in [0.5, 0.6) is 11.5 Å². The van der Waals surface area contributed by atoms with Crippen LogP contribution in [0.3, 0.4) is 0 Å². The molecule has 7 nitrogen and oxygen atoms in total. The van der Waals surface area contributed by atoms with E-state index in [1.54, 1.807) is 13.2 Å². The van der Waals surface area contributed by atoms with Crippen LogP contribution in [0.1, 0.15) is 11.1 Å². The first kappa shape index (κ1) is 19.6. The summed E-state index contributed by atoms with van der Waals surface area (Å²) in [5.41, 5.74) is 2.83. The molecule has 1 aromatic heterocycles. The van der Waals surface area contributed by atoms with Crippen LogP contribution in [-0.2, 0) is 14.3 Å². The molecule has 3 rings (SSSR count). The lowest BCUT2D eigenvalue weighted by atomic mass is 10.1. The lowest BCUT2D eigenvalue weighted by Gasteiger charge is -2.08. The minimum atomic E-state index is -0.622. The molecule has 1 heterocycles. The molecule has 1 N–H and O–H groups in total. The Bertz CT molecular complexity index is 995. The van der Waals surface area contributed by atoms with E-state index in [-0.39, 0.29) is 6.61 Å². The highest BCUT2D eigenvalue weighted by atomic mass is 32.1. The summed E-state index contributed by atoms with van der Waals surface area (Å²) < 4.78 is 16.4. The number of carbonyl (C=O) groups excluding carboxylic acids is 2. The van der Waals surface area contributed by atoms with E-state index in [4.69, 9.17) is 14.2 Å². The average Bonchev–Trinajstić information content (AvgIpc) is 3.05. The second kappa shape index (κ2) is 8.71. The number of hydrogen-bond donors (Lipinski definition) is 1. The monoisotopic (exact) mass is 400 g/mol. The molecule has 1 amide bonds. The molecule has 0 fully saturated rings. The van der Waals surface area contributed by atoms with Gasteiger partial charge >= 0.3 is 5.97 Å². The van der Waals surface area contributed by atoms with Crippen molar-refractivity contribution in [1.29, 1.82) is 0 Å². The predicted octanol–water partition coefficient (Wildman–Crippen LogP) is 3.48. The van der Waals surface area contributed by atoms with Crippen molar-refractivity contribution in [2.75, 3.05) is 25.6 Å².